The molecule has 126 valence electrons. The topological polar surface area (TPSA) is 78.9 Å². The van der Waals surface area contributed by atoms with Crippen molar-refractivity contribution in [3.05, 3.63) is 29.8 Å². The summed E-state index contributed by atoms with van der Waals surface area (Å²) in [5.74, 6) is -0.242. The zero-order valence-electron chi connectivity index (χ0n) is 13.7. The number of carbonyl (C=O) groups is 2. The van der Waals surface area contributed by atoms with E-state index in [1.165, 1.54) is 0 Å². The number of nitrogens with zero attached hydrogens (tertiary/aromatic N) is 1. The van der Waals surface area contributed by atoms with Crippen LogP contribution in [-0.2, 0) is 4.79 Å². The molecule has 1 aliphatic rings. The van der Waals surface area contributed by atoms with Gasteiger partial charge in [-0.1, -0.05) is 13.0 Å². The Hall–Kier alpha value is -2.08. The number of ether oxygens (including phenoxy) is 1. The highest BCUT2D eigenvalue weighted by atomic mass is 16.5. The molecule has 23 heavy (non-hydrogen) atoms. The molecule has 1 saturated heterocycles. The highest BCUT2D eigenvalue weighted by Crippen LogP contribution is 2.23. The number of aliphatic carboxylic acids is 1. The fraction of sp³-hybridized carbons (Fsp3) is 0.529. The lowest BCUT2D eigenvalue weighted by atomic mass is 10.0. The standard InChI is InChI=1S/C17H24N2O4/c1-3-9-23-14-6-4-5-13(10-14)16(22)19-8-7-17(2,12-19)18-11-15(20)21/h4-6,10,18H,3,7-9,11-12H2,1-2H3,(H,20,21)/t17-/m1/s1. The van der Waals surface area contributed by atoms with Gasteiger partial charge in [-0.05, 0) is 38.0 Å². The van der Waals surface area contributed by atoms with Crippen molar-refractivity contribution in [3.8, 4) is 5.75 Å². The van der Waals surface area contributed by atoms with Crippen LogP contribution in [0.25, 0.3) is 0 Å². The first-order valence-electron chi connectivity index (χ1n) is 7.92. The average molecular weight is 320 g/mol. The summed E-state index contributed by atoms with van der Waals surface area (Å²) in [5, 5.41) is 11.8. The van der Waals surface area contributed by atoms with Crippen LogP contribution in [-0.4, -0.2) is 53.7 Å². The van der Waals surface area contributed by atoms with E-state index in [2.05, 4.69) is 5.32 Å². The first-order chi connectivity index (χ1) is 10.9. The maximum atomic E-state index is 12.6. The van der Waals surface area contributed by atoms with Crippen molar-refractivity contribution in [2.45, 2.75) is 32.2 Å². The first-order valence-corrected chi connectivity index (χ1v) is 7.92. The molecule has 1 aromatic carbocycles. The fourth-order valence-corrected chi connectivity index (χ4v) is 2.69. The minimum atomic E-state index is -0.892. The molecule has 0 aliphatic carbocycles. The number of likely N-dealkylation sites (tertiary alicyclic amines) is 1. The summed E-state index contributed by atoms with van der Waals surface area (Å²) in [6.07, 6.45) is 1.65. The normalized spacial score (nSPS) is 20.5. The lowest BCUT2D eigenvalue weighted by molar-refractivity contribution is -0.136. The van der Waals surface area contributed by atoms with E-state index < -0.39 is 5.97 Å². The number of nitrogens with one attached hydrogen (secondary N) is 1. The molecule has 0 saturated carbocycles. The summed E-state index contributed by atoms with van der Waals surface area (Å²) in [6.45, 7) is 5.62. The maximum Gasteiger partial charge on any atom is 0.317 e. The number of carboxylic acid groups (broad SMARTS) is 1. The van der Waals surface area contributed by atoms with E-state index in [-0.39, 0.29) is 18.0 Å². The smallest absolute Gasteiger partial charge is 0.317 e. The van der Waals surface area contributed by atoms with Gasteiger partial charge in [0.1, 0.15) is 5.75 Å². The Morgan fingerprint density at radius 3 is 2.91 bits per heavy atom. The van der Waals surface area contributed by atoms with Crippen LogP contribution in [0.1, 0.15) is 37.0 Å². The Bertz CT molecular complexity index is 575. The first kappa shape index (κ1) is 17.3. The van der Waals surface area contributed by atoms with E-state index in [0.717, 1.165) is 12.8 Å². The molecule has 0 spiro atoms. The van der Waals surface area contributed by atoms with Crippen LogP contribution in [0.15, 0.2) is 24.3 Å². The van der Waals surface area contributed by atoms with Gasteiger partial charge in [0.05, 0.1) is 13.2 Å². The summed E-state index contributed by atoms with van der Waals surface area (Å²) in [5.41, 5.74) is 0.241. The Kier molecular flexibility index (Phi) is 5.60. The summed E-state index contributed by atoms with van der Waals surface area (Å²) >= 11 is 0. The van der Waals surface area contributed by atoms with Crippen LogP contribution < -0.4 is 10.1 Å². The predicted molar refractivity (Wildman–Crippen MR) is 86.8 cm³/mol. The van der Waals surface area contributed by atoms with Gasteiger partial charge >= 0.3 is 5.97 Å². The van der Waals surface area contributed by atoms with Crippen molar-refractivity contribution in [2.24, 2.45) is 0 Å². The summed E-state index contributed by atoms with van der Waals surface area (Å²) in [7, 11) is 0. The molecule has 6 heteroatoms. The molecule has 1 atom stereocenters. The number of carbonyl (C=O) groups excluding carboxylic acids is 1. The summed E-state index contributed by atoms with van der Waals surface area (Å²) < 4.78 is 5.57. The van der Waals surface area contributed by atoms with Crippen molar-refractivity contribution in [1.82, 2.24) is 10.2 Å². The van der Waals surface area contributed by atoms with Crippen LogP contribution in [0.2, 0.25) is 0 Å². The van der Waals surface area contributed by atoms with Crippen LogP contribution in [0, 0.1) is 0 Å². The number of hydrogen-bond acceptors (Lipinski definition) is 4. The molecule has 0 aromatic heterocycles. The van der Waals surface area contributed by atoms with Crippen molar-refractivity contribution >= 4 is 11.9 Å². The SMILES string of the molecule is CCCOc1cccc(C(=O)N2CC[C@@](C)(NCC(=O)O)C2)c1. The van der Waals surface area contributed by atoms with Gasteiger partial charge in [-0.3, -0.25) is 14.9 Å². The molecule has 0 bridgehead atoms. The van der Waals surface area contributed by atoms with E-state index >= 15 is 0 Å². The number of hydrogen-bond donors (Lipinski definition) is 2. The number of carboxylic acids is 1. The monoisotopic (exact) mass is 320 g/mol. The molecule has 2 rings (SSSR count). The zero-order chi connectivity index (χ0) is 16.9. The molecule has 0 unspecified atom stereocenters. The van der Waals surface area contributed by atoms with E-state index in [9.17, 15) is 9.59 Å². The number of rotatable bonds is 7. The minimum absolute atomic E-state index is 0.0483. The van der Waals surface area contributed by atoms with Gasteiger partial charge in [-0.25, -0.2) is 0 Å². The highest BCUT2D eigenvalue weighted by Gasteiger charge is 2.36. The van der Waals surface area contributed by atoms with Gasteiger partial charge in [0.25, 0.3) is 5.91 Å². The van der Waals surface area contributed by atoms with Crippen LogP contribution in [0.5, 0.6) is 5.75 Å². The highest BCUT2D eigenvalue weighted by molar-refractivity contribution is 5.94. The summed E-state index contributed by atoms with van der Waals surface area (Å²) in [4.78, 5) is 25.1. The second kappa shape index (κ2) is 7.46. The Balaban J connectivity index is 2.00. The lowest BCUT2D eigenvalue weighted by Gasteiger charge is -2.25. The molecule has 2 N–H and O–H groups in total. The zero-order valence-corrected chi connectivity index (χ0v) is 13.7. The minimum Gasteiger partial charge on any atom is -0.494 e. The quantitative estimate of drug-likeness (QED) is 0.800. The van der Waals surface area contributed by atoms with Crippen molar-refractivity contribution in [3.63, 3.8) is 0 Å². The third-order valence-electron chi connectivity index (χ3n) is 3.98. The lowest BCUT2D eigenvalue weighted by Crippen LogP contribution is -2.47. The molecule has 6 nitrogen and oxygen atoms in total. The van der Waals surface area contributed by atoms with E-state index in [0.29, 0.717) is 31.0 Å². The number of benzene rings is 1. The molecule has 0 radical (unpaired) electrons. The van der Waals surface area contributed by atoms with Gasteiger partial charge in [0.15, 0.2) is 0 Å². The van der Waals surface area contributed by atoms with Crippen LogP contribution >= 0.6 is 0 Å². The van der Waals surface area contributed by atoms with Crippen molar-refractivity contribution < 1.29 is 19.4 Å². The van der Waals surface area contributed by atoms with E-state index in [1.54, 1.807) is 17.0 Å². The molecule has 1 heterocycles. The molecule has 1 aromatic rings. The average Bonchev–Trinajstić information content (AvgIpc) is 2.93. The van der Waals surface area contributed by atoms with Gasteiger partial charge in [-0.2, -0.15) is 0 Å². The number of amides is 1. The van der Waals surface area contributed by atoms with E-state index in [1.807, 2.05) is 26.0 Å². The van der Waals surface area contributed by atoms with Gasteiger partial charge in [0.2, 0.25) is 0 Å². The second-order valence-electron chi connectivity index (χ2n) is 6.16. The van der Waals surface area contributed by atoms with Gasteiger partial charge in [0, 0.05) is 24.2 Å². The Labute approximate surface area is 136 Å². The van der Waals surface area contributed by atoms with Gasteiger partial charge < -0.3 is 14.7 Å². The van der Waals surface area contributed by atoms with E-state index in [4.69, 9.17) is 9.84 Å². The van der Waals surface area contributed by atoms with Crippen molar-refractivity contribution in [1.29, 1.82) is 0 Å². The molecule has 1 fully saturated rings. The molecule has 1 aliphatic heterocycles. The van der Waals surface area contributed by atoms with Gasteiger partial charge in [-0.15, -0.1) is 0 Å². The Morgan fingerprint density at radius 1 is 1.43 bits per heavy atom. The predicted octanol–water partition coefficient (Wildman–Crippen LogP) is 1.75. The maximum absolute atomic E-state index is 12.6. The van der Waals surface area contributed by atoms with Crippen LogP contribution in [0.3, 0.4) is 0 Å². The van der Waals surface area contributed by atoms with Crippen LogP contribution in [0.4, 0.5) is 0 Å². The molecular formula is C17H24N2O4. The van der Waals surface area contributed by atoms with Crippen molar-refractivity contribution in [2.75, 3.05) is 26.2 Å². The summed E-state index contributed by atoms with van der Waals surface area (Å²) in [6, 6.07) is 7.20. The largest absolute Gasteiger partial charge is 0.494 e. The Morgan fingerprint density at radius 2 is 2.22 bits per heavy atom. The third kappa shape index (κ3) is 4.69. The third-order valence-corrected chi connectivity index (χ3v) is 3.98. The molecular weight excluding hydrogens is 296 g/mol. The second-order valence-corrected chi connectivity index (χ2v) is 6.16. The fourth-order valence-electron chi connectivity index (χ4n) is 2.69. The molecule has 1 amide bonds.